The Balaban J connectivity index is 1.51. The summed E-state index contributed by atoms with van der Waals surface area (Å²) in [5.74, 6) is 0.818. The molecule has 136 valence electrons. The van der Waals surface area contributed by atoms with Gasteiger partial charge in [0.25, 0.3) is 0 Å². The lowest BCUT2D eigenvalue weighted by atomic mass is 9.89. The second kappa shape index (κ2) is 8.04. The standard InChI is InChI=1S/C21H24N2O3/c1-14(2)20-17-13-15(10-11-18(17)23-21(20)25)22-19(24)9-6-12-26-16-7-4-3-5-8-16/h3-5,7-8,10-11,13-14,20H,6,9,12H2,1-2H3,(H,22,24)(H,23,25). The molecule has 2 N–H and O–H groups in total. The van der Waals surface area contributed by atoms with E-state index in [9.17, 15) is 9.59 Å². The van der Waals surface area contributed by atoms with E-state index >= 15 is 0 Å². The van der Waals surface area contributed by atoms with Crippen molar-refractivity contribution in [1.82, 2.24) is 0 Å². The summed E-state index contributed by atoms with van der Waals surface area (Å²) in [5, 5.41) is 5.81. The molecule has 5 heteroatoms. The fourth-order valence-corrected chi connectivity index (χ4v) is 3.19. The second-order valence-electron chi connectivity index (χ2n) is 6.83. The Hall–Kier alpha value is -2.82. The van der Waals surface area contributed by atoms with Crippen LogP contribution in [-0.2, 0) is 9.59 Å². The largest absolute Gasteiger partial charge is 0.494 e. The number of para-hydroxylation sites is 1. The predicted octanol–water partition coefficient (Wildman–Crippen LogP) is 4.18. The first kappa shape index (κ1) is 18.0. The van der Waals surface area contributed by atoms with Crippen molar-refractivity contribution in [3.05, 3.63) is 54.1 Å². The van der Waals surface area contributed by atoms with E-state index in [0.29, 0.717) is 19.4 Å². The van der Waals surface area contributed by atoms with Crippen molar-refractivity contribution in [2.24, 2.45) is 5.92 Å². The minimum absolute atomic E-state index is 0.0246. The molecule has 0 bridgehead atoms. The third-order valence-electron chi connectivity index (χ3n) is 4.44. The number of rotatable bonds is 7. The summed E-state index contributed by atoms with van der Waals surface area (Å²) in [7, 11) is 0. The highest BCUT2D eigenvalue weighted by Gasteiger charge is 2.32. The summed E-state index contributed by atoms with van der Waals surface area (Å²) in [6.45, 7) is 4.55. The zero-order chi connectivity index (χ0) is 18.5. The first-order valence-electron chi connectivity index (χ1n) is 8.97. The van der Waals surface area contributed by atoms with E-state index in [1.807, 2.05) is 62.4 Å². The molecular formula is C21H24N2O3. The number of hydrogen-bond acceptors (Lipinski definition) is 3. The van der Waals surface area contributed by atoms with Crippen molar-refractivity contribution in [2.45, 2.75) is 32.6 Å². The van der Waals surface area contributed by atoms with Crippen molar-refractivity contribution in [3.63, 3.8) is 0 Å². The first-order chi connectivity index (χ1) is 12.5. The summed E-state index contributed by atoms with van der Waals surface area (Å²) in [4.78, 5) is 24.2. The van der Waals surface area contributed by atoms with Gasteiger partial charge in [-0.05, 0) is 48.2 Å². The summed E-state index contributed by atoms with van der Waals surface area (Å²) < 4.78 is 5.59. The monoisotopic (exact) mass is 352 g/mol. The number of amides is 2. The lowest BCUT2D eigenvalue weighted by Gasteiger charge is -2.14. The number of hydrogen-bond donors (Lipinski definition) is 2. The van der Waals surface area contributed by atoms with E-state index in [-0.39, 0.29) is 23.7 Å². The molecule has 0 saturated heterocycles. The quantitative estimate of drug-likeness (QED) is 0.735. The molecule has 26 heavy (non-hydrogen) atoms. The number of ether oxygens (including phenoxy) is 1. The number of nitrogens with one attached hydrogen (secondary N) is 2. The van der Waals surface area contributed by atoms with Gasteiger partial charge < -0.3 is 15.4 Å². The van der Waals surface area contributed by atoms with Gasteiger partial charge in [-0.2, -0.15) is 0 Å². The Bertz CT molecular complexity index is 787. The molecule has 2 amide bonds. The molecule has 1 unspecified atom stereocenters. The first-order valence-corrected chi connectivity index (χ1v) is 8.97. The van der Waals surface area contributed by atoms with Gasteiger partial charge in [-0.15, -0.1) is 0 Å². The summed E-state index contributed by atoms with van der Waals surface area (Å²) in [5.41, 5.74) is 2.51. The number of benzene rings is 2. The number of carbonyl (C=O) groups is 2. The van der Waals surface area contributed by atoms with Gasteiger partial charge in [-0.25, -0.2) is 0 Å². The average molecular weight is 352 g/mol. The molecule has 1 heterocycles. The van der Waals surface area contributed by atoms with E-state index in [0.717, 1.165) is 22.7 Å². The lowest BCUT2D eigenvalue weighted by molar-refractivity contribution is -0.118. The highest BCUT2D eigenvalue weighted by molar-refractivity contribution is 6.04. The Morgan fingerprint density at radius 3 is 2.69 bits per heavy atom. The van der Waals surface area contributed by atoms with Crippen molar-refractivity contribution < 1.29 is 14.3 Å². The molecule has 0 aliphatic carbocycles. The van der Waals surface area contributed by atoms with Gasteiger partial charge in [0.05, 0.1) is 12.5 Å². The normalized spacial score (nSPS) is 15.5. The van der Waals surface area contributed by atoms with Crippen LogP contribution in [0.2, 0.25) is 0 Å². The van der Waals surface area contributed by atoms with Crippen LogP contribution in [0.15, 0.2) is 48.5 Å². The topological polar surface area (TPSA) is 67.4 Å². The van der Waals surface area contributed by atoms with Crippen LogP contribution in [0.5, 0.6) is 5.75 Å². The van der Waals surface area contributed by atoms with Crippen LogP contribution in [0.25, 0.3) is 0 Å². The predicted molar refractivity (Wildman–Crippen MR) is 102 cm³/mol. The molecule has 1 atom stereocenters. The Labute approximate surface area is 153 Å². The molecule has 0 spiro atoms. The molecule has 3 rings (SSSR count). The van der Waals surface area contributed by atoms with Crippen LogP contribution in [0.1, 0.15) is 38.2 Å². The molecule has 0 saturated carbocycles. The smallest absolute Gasteiger partial charge is 0.232 e. The van der Waals surface area contributed by atoms with Crippen LogP contribution in [0, 0.1) is 5.92 Å². The van der Waals surface area contributed by atoms with Gasteiger partial charge in [0, 0.05) is 17.8 Å². The molecule has 1 aliphatic heterocycles. The van der Waals surface area contributed by atoms with Gasteiger partial charge in [-0.3, -0.25) is 9.59 Å². The lowest BCUT2D eigenvalue weighted by Crippen LogP contribution is -2.17. The minimum Gasteiger partial charge on any atom is -0.494 e. The van der Waals surface area contributed by atoms with Crippen LogP contribution in [0.3, 0.4) is 0 Å². The zero-order valence-corrected chi connectivity index (χ0v) is 15.1. The maximum Gasteiger partial charge on any atom is 0.232 e. The highest BCUT2D eigenvalue weighted by Crippen LogP contribution is 2.38. The van der Waals surface area contributed by atoms with Crippen LogP contribution < -0.4 is 15.4 Å². The highest BCUT2D eigenvalue weighted by atomic mass is 16.5. The fraction of sp³-hybridized carbons (Fsp3) is 0.333. The molecule has 0 fully saturated rings. The van der Waals surface area contributed by atoms with Crippen molar-refractivity contribution in [3.8, 4) is 5.75 Å². The Morgan fingerprint density at radius 2 is 1.96 bits per heavy atom. The number of anilines is 2. The third-order valence-corrected chi connectivity index (χ3v) is 4.44. The zero-order valence-electron chi connectivity index (χ0n) is 15.1. The maximum absolute atomic E-state index is 12.2. The average Bonchev–Trinajstić information content (AvgIpc) is 2.95. The molecular weight excluding hydrogens is 328 g/mol. The van der Waals surface area contributed by atoms with Crippen LogP contribution >= 0.6 is 0 Å². The van der Waals surface area contributed by atoms with E-state index < -0.39 is 0 Å². The van der Waals surface area contributed by atoms with Gasteiger partial charge in [-0.1, -0.05) is 32.0 Å². The molecule has 5 nitrogen and oxygen atoms in total. The van der Waals surface area contributed by atoms with Gasteiger partial charge in [0.1, 0.15) is 5.75 Å². The van der Waals surface area contributed by atoms with E-state index in [1.54, 1.807) is 0 Å². The van der Waals surface area contributed by atoms with Crippen LogP contribution in [-0.4, -0.2) is 18.4 Å². The fourth-order valence-electron chi connectivity index (χ4n) is 3.19. The Kier molecular flexibility index (Phi) is 5.56. The van der Waals surface area contributed by atoms with Gasteiger partial charge >= 0.3 is 0 Å². The number of carbonyl (C=O) groups excluding carboxylic acids is 2. The Morgan fingerprint density at radius 1 is 1.19 bits per heavy atom. The molecule has 2 aromatic rings. The number of fused-ring (bicyclic) bond motifs is 1. The molecule has 0 aromatic heterocycles. The molecule has 0 radical (unpaired) electrons. The van der Waals surface area contributed by atoms with Crippen molar-refractivity contribution in [1.29, 1.82) is 0 Å². The van der Waals surface area contributed by atoms with Crippen molar-refractivity contribution in [2.75, 3.05) is 17.2 Å². The third kappa shape index (κ3) is 4.23. The SMILES string of the molecule is CC(C)C1C(=O)Nc2ccc(NC(=O)CCCOc3ccccc3)cc21. The van der Waals surface area contributed by atoms with E-state index in [2.05, 4.69) is 10.6 Å². The summed E-state index contributed by atoms with van der Waals surface area (Å²) in [6, 6.07) is 15.1. The van der Waals surface area contributed by atoms with Gasteiger partial charge in [0.15, 0.2) is 0 Å². The summed E-state index contributed by atoms with van der Waals surface area (Å²) >= 11 is 0. The second-order valence-corrected chi connectivity index (χ2v) is 6.83. The summed E-state index contributed by atoms with van der Waals surface area (Å²) in [6.07, 6.45) is 1.02. The van der Waals surface area contributed by atoms with Gasteiger partial charge in [0.2, 0.25) is 11.8 Å². The van der Waals surface area contributed by atoms with E-state index in [4.69, 9.17) is 4.74 Å². The maximum atomic E-state index is 12.2. The molecule has 2 aromatic carbocycles. The van der Waals surface area contributed by atoms with E-state index in [1.165, 1.54) is 0 Å². The van der Waals surface area contributed by atoms with Crippen molar-refractivity contribution >= 4 is 23.2 Å². The minimum atomic E-state index is -0.166. The van der Waals surface area contributed by atoms with Crippen LogP contribution in [0.4, 0.5) is 11.4 Å². The molecule has 1 aliphatic rings.